The van der Waals surface area contributed by atoms with E-state index in [9.17, 15) is 9.59 Å². The van der Waals surface area contributed by atoms with E-state index in [1.807, 2.05) is 6.92 Å². The van der Waals surface area contributed by atoms with Gasteiger partial charge in [0, 0.05) is 12.8 Å². The van der Waals surface area contributed by atoms with Crippen LogP contribution >= 0.6 is 0 Å². The lowest BCUT2D eigenvalue weighted by Gasteiger charge is -2.10. The molecule has 4 nitrogen and oxygen atoms in total. The predicted octanol–water partition coefficient (Wildman–Crippen LogP) is 2.80. The number of carbonyl (C=O) groups excluding carboxylic acids is 2. The van der Waals surface area contributed by atoms with Crippen LogP contribution < -0.4 is 10.9 Å². The van der Waals surface area contributed by atoms with Gasteiger partial charge in [0.15, 0.2) is 0 Å². The van der Waals surface area contributed by atoms with Gasteiger partial charge in [-0.25, -0.2) is 5.43 Å². The summed E-state index contributed by atoms with van der Waals surface area (Å²) in [7, 11) is 0. The second kappa shape index (κ2) is 9.92. The Bertz CT molecular complexity index is 254. The van der Waals surface area contributed by atoms with E-state index in [0.717, 1.165) is 25.7 Å². The van der Waals surface area contributed by atoms with E-state index in [1.165, 1.54) is 0 Å². The zero-order valence-electron chi connectivity index (χ0n) is 12.2. The molecule has 0 aliphatic carbocycles. The molecular weight excluding hydrogens is 228 g/mol. The number of hydrogen-bond donors (Lipinski definition) is 1. The summed E-state index contributed by atoms with van der Waals surface area (Å²) in [5.41, 5.74) is 5.96. The summed E-state index contributed by atoms with van der Waals surface area (Å²) < 4.78 is 0. The Morgan fingerprint density at radius 3 is 2.33 bits per heavy atom. The molecule has 0 aromatic heterocycles. The van der Waals surface area contributed by atoms with Crippen molar-refractivity contribution < 1.29 is 9.59 Å². The van der Waals surface area contributed by atoms with E-state index >= 15 is 0 Å². The molecule has 0 bridgehead atoms. The summed E-state index contributed by atoms with van der Waals surface area (Å²) in [6.45, 7) is 8.34. The Balaban J connectivity index is 3.68. The molecule has 1 N–H and O–H groups in total. The van der Waals surface area contributed by atoms with Crippen LogP contribution in [0.5, 0.6) is 0 Å². The van der Waals surface area contributed by atoms with E-state index in [1.54, 1.807) is 0 Å². The van der Waals surface area contributed by atoms with Crippen molar-refractivity contribution in [3.8, 4) is 0 Å². The van der Waals surface area contributed by atoms with Gasteiger partial charge in [-0.15, -0.1) is 5.43 Å². The van der Waals surface area contributed by atoms with Crippen molar-refractivity contribution >= 4 is 11.8 Å². The fraction of sp³-hybridized carbons (Fsp3) is 0.857. The van der Waals surface area contributed by atoms with Crippen molar-refractivity contribution in [1.82, 2.24) is 10.9 Å². The van der Waals surface area contributed by atoms with Gasteiger partial charge < -0.3 is 0 Å². The average molecular weight is 255 g/mol. The molecule has 0 rings (SSSR count). The molecule has 0 aromatic rings. The number of amides is 2. The van der Waals surface area contributed by atoms with Crippen molar-refractivity contribution in [2.24, 2.45) is 11.8 Å². The second-order valence-electron chi connectivity index (χ2n) is 5.19. The molecule has 0 saturated heterocycles. The first-order valence-corrected chi connectivity index (χ1v) is 7.01. The Labute approximate surface area is 111 Å². The molecular formula is C14H27N2O2. The highest BCUT2D eigenvalue weighted by atomic mass is 16.2. The molecule has 105 valence electrons. The van der Waals surface area contributed by atoms with Gasteiger partial charge in [0.25, 0.3) is 5.91 Å². The van der Waals surface area contributed by atoms with Crippen LogP contribution in [0, 0.1) is 11.8 Å². The third kappa shape index (κ3) is 9.02. The predicted molar refractivity (Wildman–Crippen MR) is 72.7 cm³/mol. The summed E-state index contributed by atoms with van der Waals surface area (Å²) in [5.74, 6) is 0.485. The van der Waals surface area contributed by atoms with Crippen LogP contribution in [0.15, 0.2) is 0 Å². The molecule has 0 aliphatic heterocycles. The first-order chi connectivity index (χ1) is 8.49. The molecule has 0 heterocycles. The quantitative estimate of drug-likeness (QED) is 0.678. The van der Waals surface area contributed by atoms with Gasteiger partial charge in [-0.1, -0.05) is 47.0 Å². The molecule has 0 fully saturated rings. The smallest absolute Gasteiger partial charge is 0.262 e. The normalized spacial score (nSPS) is 13.8. The number of nitrogens with one attached hydrogen (secondary N) is 1. The highest BCUT2D eigenvalue weighted by Crippen LogP contribution is 2.10. The number of carbonyl (C=O) groups is 2. The van der Waals surface area contributed by atoms with Gasteiger partial charge >= 0.3 is 0 Å². The van der Waals surface area contributed by atoms with Gasteiger partial charge in [-0.05, 0) is 18.3 Å². The largest absolute Gasteiger partial charge is 0.273 e. The topological polar surface area (TPSA) is 60.3 Å². The first-order valence-electron chi connectivity index (χ1n) is 7.01. The first kappa shape index (κ1) is 16.9. The SMILES string of the molecule is CCCC(C)CC(=O)[N]NC(=O)CCC(C)CC. The summed E-state index contributed by atoms with van der Waals surface area (Å²) in [6.07, 6.45) is 4.85. The molecule has 0 aromatic carbocycles. The minimum absolute atomic E-state index is 0.160. The summed E-state index contributed by atoms with van der Waals surface area (Å²) in [5, 5.41) is 0. The van der Waals surface area contributed by atoms with Crippen molar-refractivity contribution in [1.29, 1.82) is 0 Å². The van der Waals surface area contributed by atoms with E-state index in [2.05, 4.69) is 31.6 Å². The monoisotopic (exact) mass is 255 g/mol. The van der Waals surface area contributed by atoms with Crippen LogP contribution in [0.25, 0.3) is 0 Å². The third-order valence-electron chi connectivity index (χ3n) is 3.17. The highest BCUT2D eigenvalue weighted by molar-refractivity contribution is 5.81. The van der Waals surface area contributed by atoms with Crippen molar-refractivity contribution in [3.63, 3.8) is 0 Å². The van der Waals surface area contributed by atoms with Crippen LogP contribution in [-0.4, -0.2) is 11.8 Å². The van der Waals surface area contributed by atoms with Crippen LogP contribution in [0.3, 0.4) is 0 Å². The van der Waals surface area contributed by atoms with Crippen molar-refractivity contribution in [2.75, 3.05) is 0 Å². The molecule has 2 unspecified atom stereocenters. The maximum atomic E-state index is 11.4. The van der Waals surface area contributed by atoms with Gasteiger partial charge in [-0.3, -0.25) is 9.59 Å². The molecule has 4 heteroatoms. The lowest BCUT2D eigenvalue weighted by Crippen LogP contribution is -2.36. The zero-order chi connectivity index (χ0) is 14.0. The van der Waals surface area contributed by atoms with E-state index < -0.39 is 0 Å². The number of hydrogen-bond acceptors (Lipinski definition) is 2. The Morgan fingerprint density at radius 2 is 1.78 bits per heavy atom. The average Bonchev–Trinajstić information content (AvgIpc) is 2.33. The van der Waals surface area contributed by atoms with Gasteiger partial charge in [0.2, 0.25) is 5.91 Å². The highest BCUT2D eigenvalue weighted by Gasteiger charge is 2.11. The summed E-state index contributed by atoms with van der Waals surface area (Å²) >= 11 is 0. The standard InChI is InChI=1S/C14H27N2O2/c1-5-7-12(4)10-14(18)16-15-13(17)9-8-11(3)6-2/h11-12H,5-10H2,1-4H3,(H,15,17). The fourth-order valence-corrected chi connectivity index (χ4v) is 1.70. The number of nitrogens with zero attached hydrogens (tertiary/aromatic N) is 1. The van der Waals surface area contributed by atoms with Crippen LogP contribution in [0.2, 0.25) is 0 Å². The third-order valence-corrected chi connectivity index (χ3v) is 3.17. The van der Waals surface area contributed by atoms with Crippen LogP contribution in [-0.2, 0) is 9.59 Å². The fourth-order valence-electron chi connectivity index (χ4n) is 1.70. The molecule has 0 saturated carbocycles. The van der Waals surface area contributed by atoms with Crippen molar-refractivity contribution in [3.05, 3.63) is 0 Å². The van der Waals surface area contributed by atoms with Crippen molar-refractivity contribution in [2.45, 2.75) is 66.2 Å². The molecule has 0 aliphatic rings. The van der Waals surface area contributed by atoms with E-state index in [0.29, 0.717) is 24.7 Å². The summed E-state index contributed by atoms with van der Waals surface area (Å²) in [4.78, 5) is 22.9. The minimum atomic E-state index is -0.229. The van der Waals surface area contributed by atoms with E-state index in [-0.39, 0.29) is 11.8 Å². The lowest BCUT2D eigenvalue weighted by atomic mass is 10.0. The maximum absolute atomic E-state index is 11.4. The molecule has 2 amide bonds. The lowest BCUT2D eigenvalue weighted by molar-refractivity contribution is -0.129. The van der Waals surface area contributed by atoms with Crippen LogP contribution in [0.1, 0.15) is 66.2 Å². The summed E-state index contributed by atoms with van der Waals surface area (Å²) in [6, 6.07) is 0. The molecule has 1 radical (unpaired) electrons. The van der Waals surface area contributed by atoms with Crippen LogP contribution in [0.4, 0.5) is 0 Å². The molecule has 18 heavy (non-hydrogen) atoms. The molecule has 0 spiro atoms. The Morgan fingerprint density at radius 1 is 1.11 bits per heavy atom. The minimum Gasteiger partial charge on any atom is -0.273 e. The second-order valence-corrected chi connectivity index (χ2v) is 5.19. The van der Waals surface area contributed by atoms with Gasteiger partial charge in [-0.2, -0.15) is 0 Å². The number of rotatable bonds is 8. The van der Waals surface area contributed by atoms with E-state index in [4.69, 9.17) is 0 Å². The Kier molecular flexibility index (Phi) is 9.33. The van der Waals surface area contributed by atoms with Gasteiger partial charge in [0.1, 0.15) is 0 Å². The molecule has 2 atom stereocenters. The maximum Gasteiger partial charge on any atom is 0.262 e. The zero-order valence-corrected chi connectivity index (χ0v) is 12.2. The van der Waals surface area contributed by atoms with Gasteiger partial charge in [0.05, 0.1) is 0 Å². The Hall–Kier alpha value is -1.06.